The summed E-state index contributed by atoms with van der Waals surface area (Å²) in [6.45, 7) is 14.0. The second-order valence-corrected chi connectivity index (χ2v) is 4.32. The highest BCUT2D eigenvalue weighted by molar-refractivity contribution is 4.74. The lowest BCUT2D eigenvalue weighted by Crippen LogP contribution is -2.29. The Hall–Kier alpha value is -0.0400. The third kappa shape index (κ3) is 3.76. The van der Waals surface area contributed by atoms with Crippen molar-refractivity contribution in [3.8, 4) is 0 Å². The molecule has 0 aliphatic carbocycles. The Bertz CT molecular complexity index is 102. The van der Waals surface area contributed by atoms with E-state index in [0.717, 1.165) is 6.61 Å². The lowest BCUT2D eigenvalue weighted by molar-refractivity contribution is 0.00103. The second kappa shape index (κ2) is 4.10. The van der Waals surface area contributed by atoms with Gasteiger partial charge >= 0.3 is 0 Å². The molecule has 0 N–H and O–H groups in total. The molecule has 0 aromatic carbocycles. The van der Waals surface area contributed by atoms with Gasteiger partial charge in [0.15, 0.2) is 0 Å². The highest BCUT2D eigenvalue weighted by Crippen LogP contribution is 2.29. The van der Waals surface area contributed by atoms with Crippen LogP contribution in [0, 0.1) is 11.3 Å². The molecule has 68 valence electrons. The van der Waals surface area contributed by atoms with E-state index < -0.39 is 0 Å². The maximum atomic E-state index is 5.53. The molecule has 0 heterocycles. The van der Waals surface area contributed by atoms with Crippen LogP contribution in [-0.4, -0.2) is 12.7 Å². The van der Waals surface area contributed by atoms with Gasteiger partial charge in [0, 0.05) is 6.61 Å². The molecule has 0 aliphatic rings. The molecule has 0 radical (unpaired) electrons. The highest BCUT2D eigenvalue weighted by atomic mass is 16.5. The lowest BCUT2D eigenvalue weighted by Gasteiger charge is -2.32. The first kappa shape index (κ1) is 11.0. The average molecular weight is 158 g/mol. The number of hydrogen-bond donors (Lipinski definition) is 0. The van der Waals surface area contributed by atoms with Gasteiger partial charge in [-0.05, 0) is 25.2 Å². The van der Waals surface area contributed by atoms with Crippen molar-refractivity contribution in [3.05, 3.63) is 0 Å². The first-order chi connectivity index (χ1) is 4.89. The molecule has 0 unspecified atom stereocenters. The van der Waals surface area contributed by atoms with E-state index in [-0.39, 0.29) is 0 Å². The van der Waals surface area contributed by atoms with E-state index in [1.165, 1.54) is 0 Å². The monoisotopic (exact) mass is 158 g/mol. The Labute approximate surface area is 71.1 Å². The first-order valence-electron chi connectivity index (χ1n) is 4.51. The molecule has 0 amide bonds. The summed E-state index contributed by atoms with van der Waals surface area (Å²) in [7, 11) is 0. The van der Waals surface area contributed by atoms with Crippen molar-refractivity contribution < 1.29 is 4.74 Å². The molecule has 11 heavy (non-hydrogen) atoms. The van der Waals surface area contributed by atoms with Crippen molar-refractivity contribution >= 4 is 0 Å². The Balaban J connectivity index is 3.91. The van der Waals surface area contributed by atoms with Crippen molar-refractivity contribution in [3.63, 3.8) is 0 Å². The van der Waals surface area contributed by atoms with Gasteiger partial charge in [-0.1, -0.05) is 27.7 Å². The molecule has 0 fully saturated rings. The van der Waals surface area contributed by atoms with Gasteiger partial charge < -0.3 is 4.74 Å². The molecule has 0 rings (SSSR count). The molecule has 0 saturated heterocycles. The first-order valence-corrected chi connectivity index (χ1v) is 4.51. The van der Waals surface area contributed by atoms with Crippen LogP contribution in [0.5, 0.6) is 0 Å². The van der Waals surface area contributed by atoms with Gasteiger partial charge in [-0.3, -0.25) is 0 Å². The standard InChI is InChI=1S/C10H22O/c1-7-11-9(3)8(2)10(4,5)6/h8-9H,7H2,1-6H3/t8-,9+/m1/s1. The van der Waals surface area contributed by atoms with Gasteiger partial charge in [0.05, 0.1) is 6.10 Å². The summed E-state index contributed by atoms with van der Waals surface area (Å²) in [5.41, 5.74) is 0.356. The van der Waals surface area contributed by atoms with Crippen molar-refractivity contribution in [2.45, 2.75) is 47.6 Å². The fourth-order valence-corrected chi connectivity index (χ4v) is 1.11. The van der Waals surface area contributed by atoms with Crippen LogP contribution in [0.1, 0.15) is 41.5 Å². The molecular weight excluding hydrogens is 136 g/mol. The molecular formula is C10H22O. The molecule has 1 nitrogen and oxygen atoms in total. The minimum atomic E-state index is 0.356. The van der Waals surface area contributed by atoms with Crippen molar-refractivity contribution in [2.24, 2.45) is 11.3 Å². The summed E-state index contributed by atoms with van der Waals surface area (Å²) in [5, 5.41) is 0. The maximum absolute atomic E-state index is 5.53. The maximum Gasteiger partial charge on any atom is 0.0577 e. The third-order valence-electron chi connectivity index (χ3n) is 2.50. The van der Waals surface area contributed by atoms with Gasteiger partial charge in [0.2, 0.25) is 0 Å². The van der Waals surface area contributed by atoms with Crippen molar-refractivity contribution in [1.82, 2.24) is 0 Å². The van der Waals surface area contributed by atoms with Crippen LogP contribution in [0.3, 0.4) is 0 Å². The minimum Gasteiger partial charge on any atom is -0.378 e. The Morgan fingerprint density at radius 2 is 1.64 bits per heavy atom. The molecule has 0 bridgehead atoms. The zero-order valence-electron chi connectivity index (χ0n) is 8.77. The number of ether oxygens (including phenoxy) is 1. The van der Waals surface area contributed by atoms with Crippen molar-refractivity contribution in [1.29, 1.82) is 0 Å². The Morgan fingerprint density at radius 1 is 1.18 bits per heavy atom. The van der Waals surface area contributed by atoms with E-state index in [9.17, 15) is 0 Å². The summed E-state index contributed by atoms with van der Waals surface area (Å²) in [4.78, 5) is 0. The molecule has 0 spiro atoms. The third-order valence-corrected chi connectivity index (χ3v) is 2.50. The minimum absolute atomic E-state index is 0.356. The number of hydrogen-bond acceptors (Lipinski definition) is 1. The van der Waals surface area contributed by atoms with Crippen LogP contribution in [-0.2, 0) is 4.74 Å². The van der Waals surface area contributed by atoms with Crippen LogP contribution in [0.15, 0.2) is 0 Å². The van der Waals surface area contributed by atoms with Gasteiger partial charge in [-0.2, -0.15) is 0 Å². The molecule has 2 atom stereocenters. The fourth-order valence-electron chi connectivity index (χ4n) is 1.11. The summed E-state index contributed by atoms with van der Waals surface area (Å²) >= 11 is 0. The van der Waals surface area contributed by atoms with Crippen LogP contribution >= 0.6 is 0 Å². The van der Waals surface area contributed by atoms with Crippen LogP contribution in [0.4, 0.5) is 0 Å². The van der Waals surface area contributed by atoms with Gasteiger partial charge in [-0.15, -0.1) is 0 Å². The number of rotatable bonds is 3. The van der Waals surface area contributed by atoms with Crippen molar-refractivity contribution in [2.75, 3.05) is 6.61 Å². The van der Waals surface area contributed by atoms with Crippen LogP contribution in [0.2, 0.25) is 0 Å². The van der Waals surface area contributed by atoms with Gasteiger partial charge in [0.1, 0.15) is 0 Å². The Kier molecular flexibility index (Phi) is 4.09. The van der Waals surface area contributed by atoms with E-state index in [4.69, 9.17) is 4.74 Å². The zero-order valence-corrected chi connectivity index (χ0v) is 8.77. The van der Waals surface area contributed by atoms with E-state index in [2.05, 4.69) is 34.6 Å². The second-order valence-electron chi connectivity index (χ2n) is 4.32. The predicted molar refractivity (Wildman–Crippen MR) is 49.7 cm³/mol. The Morgan fingerprint density at radius 3 is 1.91 bits per heavy atom. The summed E-state index contributed by atoms with van der Waals surface area (Å²) in [6.07, 6.45) is 0.375. The molecule has 0 aromatic rings. The normalized spacial score (nSPS) is 18.0. The molecule has 0 aromatic heterocycles. The van der Waals surface area contributed by atoms with E-state index in [1.54, 1.807) is 0 Å². The molecule has 0 saturated carbocycles. The average Bonchev–Trinajstić information content (AvgIpc) is 1.85. The SMILES string of the molecule is CCO[C@@H](C)[C@@H](C)C(C)(C)C. The fraction of sp³-hybridized carbons (Fsp3) is 1.00. The van der Waals surface area contributed by atoms with Gasteiger partial charge in [-0.25, -0.2) is 0 Å². The summed E-state index contributed by atoms with van der Waals surface area (Å²) in [5.74, 6) is 0.613. The molecule has 1 heteroatoms. The predicted octanol–water partition coefficient (Wildman–Crippen LogP) is 3.09. The van der Waals surface area contributed by atoms with Gasteiger partial charge in [0.25, 0.3) is 0 Å². The van der Waals surface area contributed by atoms with Crippen LogP contribution in [0.25, 0.3) is 0 Å². The van der Waals surface area contributed by atoms with E-state index >= 15 is 0 Å². The summed E-state index contributed by atoms with van der Waals surface area (Å²) in [6, 6.07) is 0. The topological polar surface area (TPSA) is 9.23 Å². The highest BCUT2D eigenvalue weighted by Gasteiger charge is 2.25. The van der Waals surface area contributed by atoms with Crippen LogP contribution < -0.4 is 0 Å². The summed E-state index contributed by atoms with van der Waals surface area (Å²) < 4.78 is 5.53. The quantitative estimate of drug-likeness (QED) is 0.613. The zero-order chi connectivity index (χ0) is 9.07. The van der Waals surface area contributed by atoms with E-state index in [1.807, 2.05) is 6.92 Å². The lowest BCUT2D eigenvalue weighted by atomic mass is 9.79. The largest absolute Gasteiger partial charge is 0.378 e. The van der Waals surface area contributed by atoms with E-state index in [0.29, 0.717) is 17.4 Å². The smallest absolute Gasteiger partial charge is 0.0577 e. The molecule has 0 aliphatic heterocycles.